The van der Waals surface area contributed by atoms with Crippen molar-refractivity contribution < 1.29 is 0 Å². The molecule has 0 aliphatic carbocycles. The molecular formula is C9H20N4. The van der Waals surface area contributed by atoms with Crippen molar-refractivity contribution in [3.63, 3.8) is 0 Å². The molecule has 0 aliphatic heterocycles. The third-order valence-corrected chi connectivity index (χ3v) is 1.79. The van der Waals surface area contributed by atoms with Crippen LogP contribution < -0.4 is 11.6 Å². The second-order valence-electron chi connectivity index (χ2n) is 3.00. The first-order chi connectivity index (χ1) is 6.31. The van der Waals surface area contributed by atoms with Crippen molar-refractivity contribution in [2.24, 2.45) is 21.7 Å². The SMILES string of the molecule is CCCCCCC/C=N/C(N)=N/N. The molecule has 0 rings (SSSR count). The van der Waals surface area contributed by atoms with Crippen LogP contribution in [0.1, 0.15) is 45.4 Å². The fourth-order valence-corrected chi connectivity index (χ4v) is 1.03. The second kappa shape index (κ2) is 9.03. The highest BCUT2D eigenvalue weighted by atomic mass is 15.2. The molecule has 0 atom stereocenters. The summed E-state index contributed by atoms with van der Waals surface area (Å²) in [6.45, 7) is 2.21. The Morgan fingerprint density at radius 2 is 1.92 bits per heavy atom. The van der Waals surface area contributed by atoms with E-state index in [4.69, 9.17) is 11.6 Å². The number of hydrogen-bond donors (Lipinski definition) is 2. The number of nitrogens with two attached hydrogens (primary N) is 2. The van der Waals surface area contributed by atoms with E-state index in [1.54, 1.807) is 6.21 Å². The zero-order valence-electron chi connectivity index (χ0n) is 8.37. The van der Waals surface area contributed by atoms with Crippen LogP contribution in [0.5, 0.6) is 0 Å². The molecule has 4 N–H and O–H groups in total. The first-order valence-corrected chi connectivity index (χ1v) is 4.87. The number of hydrazone groups is 1. The van der Waals surface area contributed by atoms with Crippen LogP contribution in [0.25, 0.3) is 0 Å². The normalized spacial score (nSPS) is 12.5. The summed E-state index contributed by atoms with van der Waals surface area (Å²) in [5.41, 5.74) is 5.26. The van der Waals surface area contributed by atoms with Crippen LogP contribution in [0.15, 0.2) is 10.1 Å². The lowest BCUT2D eigenvalue weighted by Crippen LogP contribution is -2.10. The molecule has 0 heterocycles. The molecule has 4 nitrogen and oxygen atoms in total. The van der Waals surface area contributed by atoms with E-state index in [9.17, 15) is 0 Å². The lowest BCUT2D eigenvalue weighted by molar-refractivity contribution is 0.645. The van der Waals surface area contributed by atoms with Gasteiger partial charge in [-0.25, -0.2) is 4.99 Å². The van der Waals surface area contributed by atoms with Crippen molar-refractivity contribution in [2.75, 3.05) is 0 Å². The van der Waals surface area contributed by atoms with Gasteiger partial charge in [0, 0.05) is 6.21 Å². The number of rotatable bonds is 6. The van der Waals surface area contributed by atoms with Crippen LogP contribution in [0, 0.1) is 0 Å². The quantitative estimate of drug-likeness (QED) is 0.216. The predicted molar refractivity (Wildman–Crippen MR) is 57.7 cm³/mol. The topological polar surface area (TPSA) is 76.8 Å². The molecule has 4 heteroatoms. The molecule has 0 radical (unpaired) electrons. The van der Waals surface area contributed by atoms with Gasteiger partial charge in [-0.2, -0.15) is 0 Å². The van der Waals surface area contributed by atoms with Gasteiger partial charge in [0.1, 0.15) is 0 Å². The zero-order valence-corrected chi connectivity index (χ0v) is 8.37. The maximum absolute atomic E-state index is 5.26. The second-order valence-corrected chi connectivity index (χ2v) is 3.00. The highest BCUT2D eigenvalue weighted by molar-refractivity contribution is 5.85. The van der Waals surface area contributed by atoms with Crippen molar-refractivity contribution in [1.82, 2.24) is 0 Å². The summed E-state index contributed by atoms with van der Waals surface area (Å²) in [7, 11) is 0. The molecule has 76 valence electrons. The molecular weight excluding hydrogens is 164 g/mol. The molecule has 0 saturated carbocycles. The maximum atomic E-state index is 5.26. The number of unbranched alkanes of at least 4 members (excludes halogenated alkanes) is 5. The first kappa shape index (κ1) is 11.9. The van der Waals surface area contributed by atoms with Crippen molar-refractivity contribution in [3.05, 3.63) is 0 Å². The molecule has 0 unspecified atom stereocenters. The standard InChI is InChI=1S/C9H20N4/c1-2-3-4-5-6-7-8-12-9(10)13-11/h8H,2-7,11H2,1H3,(H2,10,13)/b12-8+. The van der Waals surface area contributed by atoms with Gasteiger partial charge in [-0.3, -0.25) is 0 Å². The van der Waals surface area contributed by atoms with Crippen LogP contribution in [-0.2, 0) is 0 Å². The van der Waals surface area contributed by atoms with E-state index in [1.165, 1.54) is 32.1 Å². The predicted octanol–water partition coefficient (Wildman–Crippen LogP) is 1.61. The monoisotopic (exact) mass is 184 g/mol. The highest BCUT2D eigenvalue weighted by Crippen LogP contribution is 2.03. The zero-order chi connectivity index (χ0) is 9.94. The van der Waals surface area contributed by atoms with Gasteiger partial charge in [-0.05, 0) is 12.8 Å². The molecule has 0 saturated heterocycles. The Hall–Kier alpha value is -1.06. The molecule has 13 heavy (non-hydrogen) atoms. The van der Waals surface area contributed by atoms with Crippen LogP contribution in [0.4, 0.5) is 0 Å². The van der Waals surface area contributed by atoms with Gasteiger partial charge in [0.05, 0.1) is 0 Å². The Bertz CT molecular complexity index is 163. The third kappa shape index (κ3) is 8.85. The fraction of sp³-hybridized carbons (Fsp3) is 0.778. The largest absolute Gasteiger partial charge is 0.367 e. The number of nitrogens with zero attached hydrogens (tertiary/aromatic N) is 2. The minimum Gasteiger partial charge on any atom is -0.367 e. The van der Waals surface area contributed by atoms with E-state index in [1.807, 2.05) is 0 Å². The Morgan fingerprint density at radius 3 is 2.54 bits per heavy atom. The van der Waals surface area contributed by atoms with Gasteiger partial charge in [0.15, 0.2) is 0 Å². The van der Waals surface area contributed by atoms with Crippen LogP contribution >= 0.6 is 0 Å². The van der Waals surface area contributed by atoms with Crippen molar-refractivity contribution in [2.45, 2.75) is 45.4 Å². The van der Waals surface area contributed by atoms with E-state index in [0.29, 0.717) is 0 Å². The van der Waals surface area contributed by atoms with E-state index in [2.05, 4.69) is 17.0 Å². The van der Waals surface area contributed by atoms with E-state index >= 15 is 0 Å². The van der Waals surface area contributed by atoms with Gasteiger partial charge in [0.2, 0.25) is 5.96 Å². The van der Waals surface area contributed by atoms with E-state index in [-0.39, 0.29) is 5.96 Å². The van der Waals surface area contributed by atoms with Crippen LogP contribution in [0.3, 0.4) is 0 Å². The average Bonchev–Trinajstić information content (AvgIpc) is 2.16. The lowest BCUT2D eigenvalue weighted by atomic mass is 10.1. The molecule has 0 fully saturated rings. The van der Waals surface area contributed by atoms with Crippen molar-refractivity contribution >= 4 is 12.2 Å². The third-order valence-electron chi connectivity index (χ3n) is 1.79. The number of hydrogen-bond acceptors (Lipinski definition) is 2. The van der Waals surface area contributed by atoms with Gasteiger partial charge in [-0.1, -0.05) is 32.6 Å². The summed E-state index contributed by atoms with van der Waals surface area (Å²) < 4.78 is 0. The van der Waals surface area contributed by atoms with Gasteiger partial charge in [-0.15, -0.1) is 5.10 Å². The molecule has 0 bridgehead atoms. The van der Waals surface area contributed by atoms with Crippen molar-refractivity contribution in [1.29, 1.82) is 0 Å². The first-order valence-electron chi connectivity index (χ1n) is 4.87. The Labute approximate surface area is 80.1 Å². The van der Waals surface area contributed by atoms with Crippen LogP contribution in [-0.4, -0.2) is 12.2 Å². The summed E-state index contributed by atoms with van der Waals surface area (Å²) in [5, 5.41) is 3.23. The number of guanidine groups is 1. The maximum Gasteiger partial charge on any atom is 0.236 e. The Morgan fingerprint density at radius 1 is 1.23 bits per heavy atom. The van der Waals surface area contributed by atoms with Crippen LogP contribution in [0.2, 0.25) is 0 Å². The Balaban J connectivity index is 3.20. The molecule has 0 aromatic heterocycles. The minimum atomic E-state index is 0.147. The molecule has 0 aliphatic rings. The molecule has 0 aromatic carbocycles. The summed E-state index contributed by atoms with van der Waals surface area (Å²) in [6.07, 6.45) is 9.08. The average molecular weight is 184 g/mol. The summed E-state index contributed by atoms with van der Waals surface area (Å²) in [6, 6.07) is 0. The summed E-state index contributed by atoms with van der Waals surface area (Å²) >= 11 is 0. The van der Waals surface area contributed by atoms with E-state index in [0.717, 1.165) is 6.42 Å². The lowest BCUT2D eigenvalue weighted by Gasteiger charge is -1.95. The molecule has 0 spiro atoms. The Kier molecular flexibility index (Phi) is 8.30. The van der Waals surface area contributed by atoms with Crippen molar-refractivity contribution in [3.8, 4) is 0 Å². The summed E-state index contributed by atoms with van der Waals surface area (Å²) in [5.74, 6) is 5.05. The van der Waals surface area contributed by atoms with Gasteiger partial charge in [0.25, 0.3) is 0 Å². The van der Waals surface area contributed by atoms with Gasteiger partial charge >= 0.3 is 0 Å². The van der Waals surface area contributed by atoms with E-state index < -0.39 is 0 Å². The molecule has 0 amide bonds. The summed E-state index contributed by atoms with van der Waals surface area (Å²) in [4.78, 5) is 3.84. The highest BCUT2D eigenvalue weighted by Gasteiger charge is 1.87. The smallest absolute Gasteiger partial charge is 0.236 e. The number of aliphatic imine (C=N–C) groups is 1. The molecule has 0 aromatic rings. The van der Waals surface area contributed by atoms with Gasteiger partial charge < -0.3 is 11.6 Å². The fourth-order valence-electron chi connectivity index (χ4n) is 1.03. The minimum absolute atomic E-state index is 0.147.